The summed E-state index contributed by atoms with van der Waals surface area (Å²) in [5.74, 6) is 1.93. The van der Waals surface area contributed by atoms with Gasteiger partial charge in [0.2, 0.25) is 5.88 Å². The lowest BCUT2D eigenvalue weighted by Gasteiger charge is -2.31. The fraction of sp³-hybridized carbons (Fsp3) is 0.370. The topological polar surface area (TPSA) is 50.5 Å². The molecule has 0 saturated carbocycles. The van der Waals surface area contributed by atoms with E-state index in [1.807, 2.05) is 65.3 Å². The summed E-state index contributed by atoms with van der Waals surface area (Å²) in [6, 6.07) is 19.9. The third-order valence-electron chi connectivity index (χ3n) is 5.30. The highest BCUT2D eigenvalue weighted by Gasteiger charge is 2.26. The van der Waals surface area contributed by atoms with Gasteiger partial charge in [-0.2, -0.15) is 5.10 Å². The largest absolute Gasteiger partial charge is 0.439 e. The van der Waals surface area contributed by atoms with E-state index in [1.54, 1.807) is 13.0 Å². The molecule has 0 spiro atoms. The molecule has 170 valence electrons. The molecule has 1 atom stereocenters. The Morgan fingerprint density at radius 2 is 1.75 bits per heavy atom. The van der Waals surface area contributed by atoms with E-state index in [2.05, 4.69) is 32.3 Å². The molecule has 0 bridgehead atoms. The fourth-order valence-electron chi connectivity index (χ4n) is 3.81. The normalized spacial score (nSPS) is 13.3. The zero-order valence-corrected chi connectivity index (χ0v) is 19.7. The van der Waals surface area contributed by atoms with E-state index in [0.717, 1.165) is 35.7 Å². The van der Waals surface area contributed by atoms with Crippen molar-refractivity contribution in [1.29, 1.82) is 0 Å². The van der Waals surface area contributed by atoms with Gasteiger partial charge in [-0.15, -0.1) is 6.58 Å². The summed E-state index contributed by atoms with van der Waals surface area (Å²) in [6.45, 7) is 14.0. The Labute approximate surface area is 192 Å². The Bertz CT molecular complexity index is 995. The molecule has 32 heavy (non-hydrogen) atoms. The maximum Gasteiger partial charge on any atom is 0.227 e. The molecule has 0 aliphatic rings. The quantitative estimate of drug-likeness (QED) is 0.399. The maximum absolute atomic E-state index is 10.7. The molecule has 1 N–H and O–H groups in total. The molecule has 0 aliphatic heterocycles. The first-order chi connectivity index (χ1) is 15.3. The van der Waals surface area contributed by atoms with E-state index < -0.39 is 5.60 Å². The number of benzene rings is 2. The summed E-state index contributed by atoms with van der Waals surface area (Å²) in [5.41, 5.74) is 2.01. The van der Waals surface area contributed by atoms with Crippen molar-refractivity contribution in [2.75, 3.05) is 13.1 Å². The molecular formula is C27H35N3O2. The molecule has 5 heteroatoms. The fourth-order valence-corrected chi connectivity index (χ4v) is 3.81. The van der Waals surface area contributed by atoms with E-state index in [1.165, 1.54) is 0 Å². The van der Waals surface area contributed by atoms with Gasteiger partial charge in [0, 0.05) is 19.6 Å². The van der Waals surface area contributed by atoms with E-state index in [9.17, 15) is 5.11 Å². The van der Waals surface area contributed by atoms with Crippen LogP contribution in [-0.4, -0.2) is 38.5 Å². The van der Waals surface area contributed by atoms with Crippen LogP contribution in [0.4, 0.5) is 0 Å². The van der Waals surface area contributed by atoms with Crippen LogP contribution in [0.1, 0.15) is 39.0 Å². The van der Waals surface area contributed by atoms with Crippen LogP contribution in [0.2, 0.25) is 0 Å². The maximum atomic E-state index is 10.7. The number of ether oxygens (including phenoxy) is 1. The van der Waals surface area contributed by atoms with Crippen LogP contribution in [0.3, 0.4) is 0 Å². The van der Waals surface area contributed by atoms with Crippen LogP contribution >= 0.6 is 0 Å². The summed E-state index contributed by atoms with van der Waals surface area (Å²) in [5, 5.41) is 15.6. The van der Waals surface area contributed by atoms with Gasteiger partial charge >= 0.3 is 0 Å². The third-order valence-corrected chi connectivity index (χ3v) is 5.30. The smallest absolute Gasteiger partial charge is 0.227 e. The average molecular weight is 434 g/mol. The minimum absolute atomic E-state index is 0.448. The molecule has 0 radical (unpaired) electrons. The summed E-state index contributed by atoms with van der Waals surface area (Å²) in [6.07, 6.45) is 2.39. The van der Waals surface area contributed by atoms with Crippen LogP contribution in [0.25, 0.3) is 5.69 Å². The summed E-state index contributed by atoms with van der Waals surface area (Å²) in [4.78, 5) is 2.26. The van der Waals surface area contributed by atoms with Gasteiger partial charge in [0.05, 0.1) is 22.5 Å². The SMILES string of the molecule is C=CC(C)(O)CN(Cc1c(CC)nn(-c2ccccc2)c1Oc1ccccc1)CC(C)C. The minimum atomic E-state index is -0.975. The Morgan fingerprint density at radius 1 is 1.12 bits per heavy atom. The molecular weight excluding hydrogens is 398 g/mol. The van der Waals surface area contributed by atoms with E-state index >= 15 is 0 Å². The lowest BCUT2D eigenvalue weighted by molar-refractivity contribution is 0.0537. The Hall–Kier alpha value is -2.89. The van der Waals surface area contributed by atoms with Crippen LogP contribution in [-0.2, 0) is 13.0 Å². The Kier molecular flexibility index (Phi) is 7.89. The lowest BCUT2D eigenvalue weighted by Crippen LogP contribution is -2.40. The molecule has 3 aromatic rings. The van der Waals surface area contributed by atoms with Crippen molar-refractivity contribution in [3.63, 3.8) is 0 Å². The second-order valence-corrected chi connectivity index (χ2v) is 8.87. The number of para-hydroxylation sites is 2. The summed E-state index contributed by atoms with van der Waals surface area (Å²) in [7, 11) is 0. The van der Waals surface area contributed by atoms with E-state index in [4.69, 9.17) is 9.84 Å². The molecule has 0 fully saturated rings. The van der Waals surface area contributed by atoms with E-state index in [-0.39, 0.29) is 0 Å². The Balaban J connectivity index is 2.07. The standard InChI is InChI=1S/C27H35N3O2/c1-6-25-24(19-29(18-21(3)4)20-27(5,31)7-2)26(32-23-16-12-9-13-17-23)30(28-25)22-14-10-8-11-15-22/h7-17,21,31H,2,6,18-20H2,1,3-5H3. The number of hydrogen-bond donors (Lipinski definition) is 1. The van der Waals surface area contributed by atoms with Gasteiger partial charge in [0.25, 0.3) is 0 Å². The van der Waals surface area contributed by atoms with Crippen LogP contribution in [0.5, 0.6) is 11.6 Å². The van der Waals surface area contributed by atoms with Gasteiger partial charge in [-0.25, -0.2) is 4.68 Å². The van der Waals surface area contributed by atoms with Crippen LogP contribution in [0, 0.1) is 5.92 Å². The highest BCUT2D eigenvalue weighted by molar-refractivity contribution is 5.43. The predicted molar refractivity (Wildman–Crippen MR) is 130 cm³/mol. The van der Waals surface area contributed by atoms with Gasteiger partial charge in [-0.1, -0.05) is 63.2 Å². The number of aromatic nitrogens is 2. The van der Waals surface area contributed by atoms with Crippen LogP contribution in [0.15, 0.2) is 73.3 Å². The molecule has 1 aromatic heterocycles. The van der Waals surface area contributed by atoms with Crippen LogP contribution < -0.4 is 4.74 Å². The lowest BCUT2D eigenvalue weighted by atomic mass is 10.0. The molecule has 0 amide bonds. The number of hydrogen-bond acceptors (Lipinski definition) is 4. The van der Waals surface area contributed by atoms with Crippen molar-refractivity contribution in [3.8, 4) is 17.3 Å². The molecule has 0 aliphatic carbocycles. The van der Waals surface area contributed by atoms with Gasteiger partial charge in [0.1, 0.15) is 5.75 Å². The van der Waals surface area contributed by atoms with Gasteiger partial charge < -0.3 is 9.84 Å². The Morgan fingerprint density at radius 3 is 2.31 bits per heavy atom. The van der Waals surface area contributed by atoms with Crippen molar-refractivity contribution in [2.45, 2.75) is 46.3 Å². The number of rotatable bonds is 11. The molecule has 0 saturated heterocycles. The van der Waals surface area contributed by atoms with Crippen molar-refractivity contribution < 1.29 is 9.84 Å². The predicted octanol–water partition coefficient (Wildman–Crippen LogP) is 5.62. The van der Waals surface area contributed by atoms with Crippen molar-refractivity contribution in [2.24, 2.45) is 5.92 Å². The molecule has 5 nitrogen and oxygen atoms in total. The van der Waals surface area contributed by atoms with Gasteiger partial charge in [-0.3, -0.25) is 4.90 Å². The first-order valence-electron chi connectivity index (χ1n) is 11.3. The second kappa shape index (κ2) is 10.6. The summed E-state index contributed by atoms with van der Waals surface area (Å²) >= 11 is 0. The molecule has 1 heterocycles. The van der Waals surface area contributed by atoms with Crippen molar-refractivity contribution in [3.05, 3.63) is 84.6 Å². The number of aliphatic hydroxyl groups is 1. The summed E-state index contributed by atoms with van der Waals surface area (Å²) < 4.78 is 8.32. The monoisotopic (exact) mass is 433 g/mol. The highest BCUT2D eigenvalue weighted by atomic mass is 16.5. The van der Waals surface area contributed by atoms with Crippen molar-refractivity contribution in [1.82, 2.24) is 14.7 Å². The van der Waals surface area contributed by atoms with Crippen molar-refractivity contribution >= 4 is 0 Å². The first kappa shape index (κ1) is 23.8. The first-order valence-corrected chi connectivity index (χ1v) is 11.3. The minimum Gasteiger partial charge on any atom is -0.439 e. The molecule has 2 aromatic carbocycles. The average Bonchev–Trinajstić information content (AvgIpc) is 3.11. The second-order valence-electron chi connectivity index (χ2n) is 8.87. The highest BCUT2D eigenvalue weighted by Crippen LogP contribution is 2.32. The zero-order chi connectivity index (χ0) is 23.1. The molecule has 3 rings (SSSR count). The number of aryl methyl sites for hydroxylation is 1. The zero-order valence-electron chi connectivity index (χ0n) is 19.7. The van der Waals surface area contributed by atoms with Gasteiger partial charge in [-0.05, 0) is 43.5 Å². The van der Waals surface area contributed by atoms with Gasteiger partial charge in [0.15, 0.2) is 0 Å². The molecule has 1 unspecified atom stereocenters. The van der Waals surface area contributed by atoms with E-state index in [0.29, 0.717) is 24.9 Å². The third kappa shape index (κ3) is 6.09. The number of nitrogens with zero attached hydrogens (tertiary/aromatic N) is 3.